The van der Waals surface area contributed by atoms with Gasteiger partial charge in [-0.25, -0.2) is 4.98 Å². The van der Waals surface area contributed by atoms with Crippen LogP contribution >= 0.6 is 22.7 Å². The number of benzene rings is 1. The van der Waals surface area contributed by atoms with Gasteiger partial charge in [-0.1, -0.05) is 24.3 Å². The van der Waals surface area contributed by atoms with Crippen molar-refractivity contribution in [1.29, 1.82) is 0 Å². The first-order valence-electron chi connectivity index (χ1n) is 7.56. The minimum atomic E-state index is 0.220. The molecule has 3 aromatic rings. The number of thiazole rings is 1. The summed E-state index contributed by atoms with van der Waals surface area (Å²) in [6.45, 7) is 2.81. The number of para-hydroxylation sites is 1. The van der Waals surface area contributed by atoms with E-state index in [4.69, 9.17) is 4.74 Å². The van der Waals surface area contributed by atoms with Crippen LogP contribution in [0.4, 0.5) is 0 Å². The summed E-state index contributed by atoms with van der Waals surface area (Å²) in [5.41, 5.74) is 2.25. The van der Waals surface area contributed by atoms with Gasteiger partial charge >= 0.3 is 0 Å². The summed E-state index contributed by atoms with van der Waals surface area (Å²) >= 11 is 3.52. The lowest BCUT2D eigenvalue weighted by molar-refractivity contribution is 0.405. The normalized spacial score (nSPS) is 12.3. The van der Waals surface area contributed by atoms with Crippen molar-refractivity contribution in [2.75, 3.05) is 7.11 Å². The zero-order chi connectivity index (χ0) is 16.1. The molecule has 23 heavy (non-hydrogen) atoms. The molecule has 0 saturated heterocycles. The molecule has 2 aromatic heterocycles. The molecule has 0 radical (unpaired) electrons. The zero-order valence-corrected chi connectivity index (χ0v) is 14.9. The van der Waals surface area contributed by atoms with Crippen LogP contribution in [0.1, 0.15) is 27.2 Å². The summed E-state index contributed by atoms with van der Waals surface area (Å²) in [7, 11) is 1.71. The number of aromatic nitrogens is 1. The van der Waals surface area contributed by atoms with E-state index in [2.05, 4.69) is 39.3 Å². The maximum Gasteiger partial charge on any atom is 0.123 e. The Labute approximate surface area is 145 Å². The summed E-state index contributed by atoms with van der Waals surface area (Å²) in [5.74, 6) is 0.921. The number of nitrogens with zero attached hydrogens (tertiary/aromatic N) is 1. The van der Waals surface area contributed by atoms with Gasteiger partial charge in [-0.2, -0.15) is 0 Å². The van der Waals surface area contributed by atoms with Crippen molar-refractivity contribution in [2.24, 2.45) is 0 Å². The van der Waals surface area contributed by atoms with Crippen molar-refractivity contribution in [2.45, 2.75) is 25.9 Å². The molecule has 1 atom stereocenters. The topological polar surface area (TPSA) is 34.1 Å². The van der Waals surface area contributed by atoms with Gasteiger partial charge in [-0.15, -0.1) is 22.7 Å². The minimum Gasteiger partial charge on any atom is -0.496 e. The molecule has 3 nitrogen and oxygen atoms in total. The second kappa shape index (κ2) is 7.73. The fourth-order valence-electron chi connectivity index (χ4n) is 2.49. The molecule has 1 N–H and O–H groups in total. The van der Waals surface area contributed by atoms with Gasteiger partial charge in [0.2, 0.25) is 0 Å². The lowest BCUT2D eigenvalue weighted by Gasteiger charge is -2.17. The van der Waals surface area contributed by atoms with Gasteiger partial charge in [0.25, 0.3) is 0 Å². The Balaban J connectivity index is 1.75. The van der Waals surface area contributed by atoms with Crippen LogP contribution < -0.4 is 10.1 Å². The Hall–Kier alpha value is -1.69. The van der Waals surface area contributed by atoms with Crippen molar-refractivity contribution in [3.05, 3.63) is 68.3 Å². The van der Waals surface area contributed by atoms with Gasteiger partial charge < -0.3 is 10.1 Å². The molecular formula is C18H20N2OS2. The van der Waals surface area contributed by atoms with Crippen LogP contribution in [0.25, 0.3) is 0 Å². The monoisotopic (exact) mass is 344 g/mol. The number of aryl methyl sites for hydroxylation is 1. The SMILES string of the molecule is COc1ccccc1CN[C@@H](Cc1cccs1)c1nc(C)cs1. The third kappa shape index (κ3) is 4.19. The molecule has 1 aromatic carbocycles. The summed E-state index contributed by atoms with van der Waals surface area (Å²) in [4.78, 5) is 6.05. The fraction of sp³-hybridized carbons (Fsp3) is 0.278. The highest BCUT2D eigenvalue weighted by atomic mass is 32.1. The van der Waals surface area contributed by atoms with Crippen LogP contribution in [0.3, 0.4) is 0 Å². The van der Waals surface area contributed by atoms with Crippen molar-refractivity contribution in [1.82, 2.24) is 10.3 Å². The molecule has 0 aliphatic heterocycles. The maximum atomic E-state index is 5.44. The zero-order valence-electron chi connectivity index (χ0n) is 13.3. The number of nitrogens with one attached hydrogen (secondary N) is 1. The van der Waals surface area contributed by atoms with E-state index in [0.29, 0.717) is 0 Å². The van der Waals surface area contributed by atoms with E-state index >= 15 is 0 Å². The Kier molecular flexibility index (Phi) is 5.43. The number of rotatable bonds is 7. The van der Waals surface area contributed by atoms with Gasteiger partial charge in [0.15, 0.2) is 0 Å². The first-order chi connectivity index (χ1) is 11.3. The smallest absolute Gasteiger partial charge is 0.123 e. The Morgan fingerprint density at radius 1 is 1.17 bits per heavy atom. The number of ether oxygens (including phenoxy) is 1. The Bertz CT molecular complexity index is 737. The largest absolute Gasteiger partial charge is 0.496 e. The highest BCUT2D eigenvalue weighted by Crippen LogP contribution is 2.25. The Morgan fingerprint density at radius 2 is 2.04 bits per heavy atom. The molecule has 120 valence electrons. The minimum absolute atomic E-state index is 0.220. The van der Waals surface area contributed by atoms with E-state index in [0.717, 1.165) is 29.4 Å². The van der Waals surface area contributed by atoms with E-state index in [-0.39, 0.29) is 6.04 Å². The highest BCUT2D eigenvalue weighted by molar-refractivity contribution is 7.10. The van der Waals surface area contributed by atoms with Crippen LogP contribution in [0, 0.1) is 6.92 Å². The molecule has 0 aliphatic carbocycles. The van der Waals surface area contributed by atoms with Crippen molar-refractivity contribution >= 4 is 22.7 Å². The van der Waals surface area contributed by atoms with Crippen LogP contribution in [-0.4, -0.2) is 12.1 Å². The molecule has 5 heteroatoms. The molecule has 0 bridgehead atoms. The third-order valence-electron chi connectivity index (χ3n) is 3.65. The van der Waals surface area contributed by atoms with E-state index in [1.165, 1.54) is 10.4 Å². The summed E-state index contributed by atoms with van der Waals surface area (Å²) in [6.07, 6.45) is 0.958. The second-order valence-electron chi connectivity index (χ2n) is 5.36. The van der Waals surface area contributed by atoms with Crippen molar-refractivity contribution in [3.8, 4) is 5.75 Å². The first-order valence-corrected chi connectivity index (χ1v) is 9.32. The van der Waals surface area contributed by atoms with Gasteiger partial charge in [0, 0.05) is 34.5 Å². The van der Waals surface area contributed by atoms with Crippen LogP contribution in [-0.2, 0) is 13.0 Å². The van der Waals surface area contributed by atoms with Gasteiger partial charge in [0.1, 0.15) is 10.8 Å². The molecule has 0 amide bonds. The van der Waals surface area contributed by atoms with Gasteiger partial charge in [0.05, 0.1) is 13.2 Å². The van der Waals surface area contributed by atoms with E-state index in [9.17, 15) is 0 Å². The number of hydrogen-bond donors (Lipinski definition) is 1. The summed E-state index contributed by atoms with van der Waals surface area (Å²) < 4.78 is 5.44. The molecule has 0 aliphatic rings. The molecule has 0 saturated carbocycles. The number of hydrogen-bond acceptors (Lipinski definition) is 5. The average Bonchev–Trinajstić information content (AvgIpc) is 3.23. The van der Waals surface area contributed by atoms with Crippen molar-refractivity contribution in [3.63, 3.8) is 0 Å². The van der Waals surface area contributed by atoms with Gasteiger partial charge in [-0.3, -0.25) is 0 Å². The molecule has 0 unspecified atom stereocenters. The van der Waals surface area contributed by atoms with Crippen LogP contribution in [0.15, 0.2) is 47.2 Å². The highest BCUT2D eigenvalue weighted by Gasteiger charge is 2.16. The van der Waals surface area contributed by atoms with E-state index < -0.39 is 0 Å². The lowest BCUT2D eigenvalue weighted by Crippen LogP contribution is -2.23. The third-order valence-corrected chi connectivity index (χ3v) is 5.63. The number of thiophene rings is 1. The molecular weight excluding hydrogens is 324 g/mol. The summed E-state index contributed by atoms with van der Waals surface area (Å²) in [6, 6.07) is 12.6. The predicted octanol–water partition coefficient (Wildman–Crippen LogP) is 4.60. The lowest BCUT2D eigenvalue weighted by atomic mass is 10.1. The molecule has 0 fully saturated rings. The van der Waals surface area contributed by atoms with Crippen LogP contribution in [0.5, 0.6) is 5.75 Å². The van der Waals surface area contributed by atoms with Crippen LogP contribution in [0.2, 0.25) is 0 Å². The van der Waals surface area contributed by atoms with E-state index in [1.54, 1.807) is 29.8 Å². The quantitative estimate of drug-likeness (QED) is 0.680. The Morgan fingerprint density at radius 3 is 2.74 bits per heavy atom. The summed E-state index contributed by atoms with van der Waals surface area (Å²) in [5, 5.41) is 9.03. The molecule has 2 heterocycles. The molecule has 3 rings (SSSR count). The average molecular weight is 345 g/mol. The van der Waals surface area contributed by atoms with E-state index in [1.807, 2.05) is 25.1 Å². The standard InChI is InChI=1S/C18H20N2OS2/c1-13-12-23-18(20-13)16(10-15-7-5-9-22-15)19-11-14-6-3-4-8-17(14)21-2/h3-9,12,16,19H,10-11H2,1-2H3/t16-/m0/s1. The second-order valence-corrected chi connectivity index (χ2v) is 7.28. The maximum absolute atomic E-state index is 5.44. The predicted molar refractivity (Wildman–Crippen MR) is 97.4 cm³/mol. The van der Waals surface area contributed by atoms with Crippen molar-refractivity contribution < 1.29 is 4.74 Å². The molecule has 0 spiro atoms. The number of methoxy groups -OCH3 is 1. The fourth-order valence-corrected chi connectivity index (χ4v) is 4.11. The van der Waals surface area contributed by atoms with Gasteiger partial charge in [-0.05, 0) is 24.4 Å². The first kappa shape index (κ1) is 16.2.